The van der Waals surface area contributed by atoms with E-state index in [2.05, 4.69) is 88.2 Å². The molecule has 0 heterocycles. The fourth-order valence-corrected chi connectivity index (χ4v) is 10.7. The Morgan fingerprint density at radius 2 is 1.55 bits per heavy atom. The third kappa shape index (κ3) is 4.12. The average molecular weight is 408 g/mol. The SMILES string of the molecule is C[Si](C)(c1ccccc1)C1[CH]([Ti+3])CC2C=CC=CC21.[Cl-].[Cl-].[Cl-]. The van der Waals surface area contributed by atoms with E-state index in [9.17, 15) is 0 Å². The van der Waals surface area contributed by atoms with Crippen molar-refractivity contribution < 1.29 is 57.7 Å². The molecular formula is C17H21Cl3SiTi. The molecule has 118 valence electrons. The normalized spacial score (nSPS) is 28.9. The number of allylic oxidation sites excluding steroid dienone is 4. The van der Waals surface area contributed by atoms with Gasteiger partial charge in [0, 0.05) is 0 Å². The quantitative estimate of drug-likeness (QED) is 0.431. The molecule has 0 N–H and O–H groups in total. The van der Waals surface area contributed by atoms with Crippen molar-refractivity contribution in [1.29, 1.82) is 0 Å². The van der Waals surface area contributed by atoms with Crippen LogP contribution in [0.2, 0.25) is 22.9 Å². The molecule has 0 spiro atoms. The van der Waals surface area contributed by atoms with Crippen molar-refractivity contribution in [2.75, 3.05) is 0 Å². The first-order valence-electron chi connectivity index (χ1n) is 7.22. The zero-order valence-electron chi connectivity index (χ0n) is 12.8. The summed E-state index contributed by atoms with van der Waals surface area (Å²) in [6.07, 6.45) is 10.8. The molecule has 22 heavy (non-hydrogen) atoms. The van der Waals surface area contributed by atoms with E-state index in [4.69, 9.17) is 0 Å². The van der Waals surface area contributed by atoms with E-state index >= 15 is 0 Å². The summed E-state index contributed by atoms with van der Waals surface area (Å²) in [5.74, 6) is 1.57. The van der Waals surface area contributed by atoms with Crippen LogP contribution in [-0.4, -0.2) is 8.07 Å². The largest absolute Gasteiger partial charge is 1.00 e. The number of rotatable bonds is 2. The van der Waals surface area contributed by atoms with Crippen LogP contribution in [0.4, 0.5) is 0 Å². The maximum atomic E-state index is 2.57. The van der Waals surface area contributed by atoms with Crippen LogP contribution in [0.3, 0.4) is 0 Å². The van der Waals surface area contributed by atoms with Gasteiger partial charge in [-0.2, -0.15) is 0 Å². The third-order valence-electron chi connectivity index (χ3n) is 5.02. The van der Waals surface area contributed by atoms with Crippen molar-refractivity contribution in [2.45, 2.75) is 29.3 Å². The zero-order valence-corrected chi connectivity index (χ0v) is 17.7. The number of fused-ring (bicyclic) bond motifs is 1. The summed E-state index contributed by atoms with van der Waals surface area (Å²) in [6.45, 7) is 5.14. The summed E-state index contributed by atoms with van der Waals surface area (Å²) < 4.78 is 0.851. The molecule has 0 amide bonds. The van der Waals surface area contributed by atoms with Crippen molar-refractivity contribution in [3.8, 4) is 0 Å². The van der Waals surface area contributed by atoms with Crippen molar-refractivity contribution >= 4 is 13.3 Å². The zero-order chi connectivity index (χ0) is 13.5. The van der Waals surface area contributed by atoms with Gasteiger partial charge in [-0.05, 0) is 0 Å². The maximum absolute atomic E-state index is 2.57. The first kappa shape index (κ1) is 22.5. The summed E-state index contributed by atoms with van der Waals surface area (Å²) >= 11 is 2.47. The van der Waals surface area contributed by atoms with Crippen molar-refractivity contribution in [2.24, 2.45) is 11.8 Å². The predicted molar refractivity (Wildman–Crippen MR) is 80.9 cm³/mol. The molecule has 2 aliphatic carbocycles. The van der Waals surface area contributed by atoms with Gasteiger partial charge in [-0.15, -0.1) is 0 Å². The van der Waals surface area contributed by atoms with Gasteiger partial charge >= 0.3 is 129 Å². The molecule has 1 aromatic carbocycles. The summed E-state index contributed by atoms with van der Waals surface area (Å²) in [5.41, 5.74) is 0.876. The van der Waals surface area contributed by atoms with Gasteiger partial charge in [-0.3, -0.25) is 0 Å². The topological polar surface area (TPSA) is 0 Å². The van der Waals surface area contributed by atoms with E-state index in [-0.39, 0.29) is 37.2 Å². The molecule has 0 bridgehead atoms. The van der Waals surface area contributed by atoms with E-state index in [0.717, 1.165) is 21.6 Å². The molecular weight excluding hydrogens is 386 g/mol. The smallest absolute Gasteiger partial charge is 1.00 e. The summed E-state index contributed by atoms with van der Waals surface area (Å²) in [7, 11) is -1.40. The molecule has 1 aromatic rings. The Labute approximate surface area is 165 Å². The van der Waals surface area contributed by atoms with Gasteiger partial charge in [0.05, 0.1) is 0 Å². The van der Waals surface area contributed by atoms with Crippen LogP contribution in [0.15, 0.2) is 54.6 Å². The van der Waals surface area contributed by atoms with Crippen molar-refractivity contribution in [3.63, 3.8) is 0 Å². The summed E-state index contributed by atoms with van der Waals surface area (Å²) in [6, 6.07) is 11.3. The Kier molecular flexibility index (Phi) is 9.31. The van der Waals surface area contributed by atoms with E-state index < -0.39 is 8.07 Å². The minimum absolute atomic E-state index is 0. The monoisotopic (exact) mass is 406 g/mol. The van der Waals surface area contributed by atoms with E-state index in [1.54, 1.807) is 5.19 Å². The Bertz CT molecular complexity index is 516. The fourth-order valence-electron chi connectivity index (χ4n) is 4.04. The Hall–Kier alpha value is 0.501. The second-order valence-electron chi connectivity index (χ2n) is 6.47. The molecule has 4 atom stereocenters. The number of halogens is 3. The summed E-state index contributed by atoms with van der Waals surface area (Å²) in [5, 5.41) is 1.62. The van der Waals surface area contributed by atoms with Gasteiger partial charge in [-0.1, -0.05) is 0 Å². The molecule has 0 aliphatic heterocycles. The fraction of sp³-hybridized carbons (Fsp3) is 0.412. The standard InChI is InChI=1S/C17H21Si.3ClH.Ti/c1-18(2,15-9-4-3-5-10-15)17-13-12-14-8-6-7-11-16(14)17;;;;/h3-11,13-14,16-17H,12H2,1-2H3;3*1H;/q;;;;+3/p-3. The second-order valence-corrected chi connectivity index (χ2v) is 12.3. The van der Waals surface area contributed by atoms with Crippen LogP contribution in [0.5, 0.6) is 0 Å². The van der Waals surface area contributed by atoms with Gasteiger partial charge in [0.25, 0.3) is 0 Å². The van der Waals surface area contributed by atoms with E-state index in [1.807, 2.05) is 0 Å². The minimum atomic E-state index is -1.40. The number of hydrogen-bond acceptors (Lipinski definition) is 0. The Balaban J connectivity index is 0.00000147. The first-order valence-corrected chi connectivity index (χ1v) is 11.2. The summed E-state index contributed by atoms with van der Waals surface area (Å²) in [4.78, 5) is 0. The molecule has 0 saturated heterocycles. The molecule has 0 aromatic heterocycles. The predicted octanol–water partition coefficient (Wildman–Crippen LogP) is -4.92. The van der Waals surface area contributed by atoms with Crippen molar-refractivity contribution in [1.82, 2.24) is 0 Å². The molecule has 0 nitrogen and oxygen atoms in total. The molecule has 0 radical (unpaired) electrons. The van der Waals surface area contributed by atoms with Crippen LogP contribution in [0, 0.1) is 11.8 Å². The first-order chi connectivity index (χ1) is 9.10. The molecule has 4 unspecified atom stereocenters. The van der Waals surface area contributed by atoms with Crippen LogP contribution in [0.1, 0.15) is 6.42 Å². The molecule has 1 fully saturated rings. The van der Waals surface area contributed by atoms with E-state index in [0.29, 0.717) is 0 Å². The minimum Gasteiger partial charge on any atom is -1.00 e. The third-order valence-corrected chi connectivity index (χ3v) is 10.7. The Morgan fingerprint density at radius 1 is 0.955 bits per heavy atom. The van der Waals surface area contributed by atoms with Crippen LogP contribution in [-0.2, 0) is 20.4 Å². The van der Waals surface area contributed by atoms with Gasteiger partial charge in [0.1, 0.15) is 0 Å². The molecule has 3 rings (SSSR count). The van der Waals surface area contributed by atoms with Gasteiger partial charge in [0.15, 0.2) is 0 Å². The van der Waals surface area contributed by atoms with Gasteiger partial charge < -0.3 is 37.2 Å². The van der Waals surface area contributed by atoms with Crippen LogP contribution < -0.4 is 42.4 Å². The molecule has 1 saturated carbocycles. The number of hydrogen-bond donors (Lipinski definition) is 0. The van der Waals surface area contributed by atoms with E-state index in [1.165, 1.54) is 6.42 Å². The average Bonchev–Trinajstić information content (AvgIpc) is 2.76. The van der Waals surface area contributed by atoms with Crippen LogP contribution in [0.25, 0.3) is 0 Å². The molecule has 2 aliphatic rings. The van der Waals surface area contributed by atoms with Gasteiger partial charge in [0.2, 0.25) is 0 Å². The van der Waals surface area contributed by atoms with Crippen LogP contribution >= 0.6 is 0 Å². The second kappa shape index (κ2) is 9.11. The van der Waals surface area contributed by atoms with Crippen molar-refractivity contribution in [3.05, 3.63) is 54.6 Å². The maximum Gasteiger partial charge on any atom is -1.00 e. The van der Waals surface area contributed by atoms with Gasteiger partial charge in [-0.25, -0.2) is 0 Å². The Morgan fingerprint density at radius 3 is 2.18 bits per heavy atom. The number of benzene rings is 1. The molecule has 5 heteroatoms.